The van der Waals surface area contributed by atoms with Gasteiger partial charge in [0.1, 0.15) is 91.6 Å². The first-order valence-electron chi connectivity index (χ1n) is 27.4. The highest BCUT2D eigenvalue weighted by atomic mass is 16.8. The molecule has 0 aromatic heterocycles. The van der Waals surface area contributed by atoms with Gasteiger partial charge in [-0.05, 0) is 117 Å². The van der Waals surface area contributed by atoms with Crippen LogP contribution in [0.5, 0.6) is 0 Å². The van der Waals surface area contributed by atoms with Crippen LogP contribution < -0.4 is 0 Å². The number of hydrogen-bond acceptors (Lipinski definition) is 23. The minimum Gasteiger partial charge on any atom is -0.394 e. The smallest absolute Gasteiger partial charge is 0.187 e. The molecule has 15 N–H and O–H groups in total. The van der Waals surface area contributed by atoms with Crippen molar-refractivity contribution >= 4 is 0 Å². The molecule has 4 saturated heterocycles. The van der Waals surface area contributed by atoms with Crippen molar-refractivity contribution in [3.8, 4) is 0 Å². The van der Waals surface area contributed by atoms with Gasteiger partial charge < -0.3 is 114 Å². The maximum Gasteiger partial charge on any atom is 0.187 e. The molecule has 76 heavy (non-hydrogen) atoms. The van der Waals surface area contributed by atoms with Crippen LogP contribution in [-0.2, 0) is 37.9 Å². The number of allylic oxidation sites excluding steroid dienone is 2. The largest absolute Gasteiger partial charge is 0.394 e. The van der Waals surface area contributed by atoms with E-state index in [1.54, 1.807) is 0 Å². The van der Waals surface area contributed by atoms with Crippen molar-refractivity contribution in [2.24, 2.45) is 45.3 Å². The van der Waals surface area contributed by atoms with E-state index in [2.05, 4.69) is 26.8 Å². The van der Waals surface area contributed by atoms with E-state index in [0.717, 1.165) is 5.57 Å². The summed E-state index contributed by atoms with van der Waals surface area (Å²) in [6, 6.07) is 0. The van der Waals surface area contributed by atoms with Gasteiger partial charge in [-0.3, -0.25) is 0 Å². The number of aliphatic hydroxyl groups is 15. The fraction of sp³-hybridized carbons (Fsp3) is 0.962. The Bertz CT molecular complexity index is 1980. The lowest BCUT2D eigenvalue weighted by Gasteiger charge is -2.71. The molecule has 440 valence electrons. The third-order valence-corrected chi connectivity index (χ3v) is 20.4. The van der Waals surface area contributed by atoms with Crippen molar-refractivity contribution in [2.75, 3.05) is 26.4 Å². The summed E-state index contributed by atoms with van der Waals surface area (Å²) in [6.45, 7) is 14.2. The Labute approximate surface area is 444 Å². The fourth-order valence-corrected chi connectivity index (χ4v) is 16.2. The molecular formula is C53H90O23. The highest BCUT2D eigenvalue weighted by Crippen LogP contribution is 2.76. The monoisotopic (exact) mass is 1090 g/mol. The number of ether oxygens (including phenoxy) is 8. The van der Waals surface area contributed by atoms with E-state index in [-0.39, 0.29) is 24.4 Å². The lowest BCUT2D eigenvalue weighted by molar-refractivity contribution is -0.380. The van der Waals surface area contributed by atoms with Gasteiger partial charge in [0.25, 0.3) is 0 Å². The molecule has 0 spiro atoms. The topological polar surface area (TPSA) is 377 Å². The van der Waals surface area contributed by atoms with Crippen molar-refractivity contribution < 1.29 is 114 Å². The lowest BCUT2D eigenvalue weighted by Crippen LogP contribution is -2.70. The third-order valence-electron chi connectivity index (χ3n) is 20.4. The summed E-state index contributed by atoms with van der Waals surface area (Å²) in [4.78, 5) is 0. The predicted molar refractivity (Wildman–Crippen MR) is 262 cm³/mol. The second-order valence-electron chi connectivity index (χ2n) is 25.5. The minimum absolute atomic E-state index is 0.123. The summed E-state index contributed by atoms with van der Waals surface area (Å²) in [7, 11) is 0. The van der Waals surface area contributed by atoms with Crippen LogP contribution in [0.1, 0.15) is 107 Å². The standard InChI is InChI=1S/C53H90O23/c1-22(2)10-9-13-53(8,76-47-42(68)38(64)36(62)29(73-47)21-70-45-40(66)33(59)26(58)20-69-45)23-11-15-51(6)32(23)24(56)16-30-50(5)14-12-31(49(3,4)44(50)25(57)17-52(30,51)7)74-48-43(39(65)35(61)28(19-55)72-48)75-46-41(67)37(63)34(60)27(18-54)71-46/h10,23-48,54-68H,9,11-21H2,1-8H3/t23-,24-,25+,26+,27-,28-,29-,30-,31+,32+,33+,34-,35-,36-,37+,38+,39+,40-,41-,42-,43-,44+,45+,46+,47+,48+,50-,51-,52-,53+/m1/s1. The second kappa shape index (κ2) is 22.9. The lowest BCUT2D eigenvalue weighted by atomic mass is 9.34. The summed E-state index contributed by atoms with van der Waals surface area (Å²) >= 11 is 0. The minimum atomic E-state index is -1.85. The number of rotatable bonds is 15. The van der Waals surface area contributed by atoms with Crippen LogP contribution in [0.2, 0.25) is 0 Å². The van der Waals surface area contributed by atoms with Crippen molar-refractivity contribution in [1.82, 2.24) is 0 Å². The number of hydrogen-bond donors (Lipinski definition) is 15. The SMILES string of the molecule is CC(C)=CCC[C@](C)(O[C@@H]1O[C@H](CO[C@@H]2OC[C@H](O)[C@H](O)[C@H]2O)[C@@H](O)[C@H](O)[C@H]1O)[C@@H]1CC[C@]2(C)[C@@H]1[C@H](O)C[C@@H]1[C@@]3(C)CC[C@H](O[C@@H]4O[C@H](CO)[C@@H](O)[C@H](O)[C@H]4O[C@@H]4O[C@H](CO)[C@@H](O)[C@H](O)[C@H]4O)C(C)(C)[C@@H]3[C@@H](O)C[C@]12C. The first kappa shape index (κ1) is 60.9. The van der Waals surface area contributed by atoms with Gasteiger partial charge in [0, 0.05) is 0 Å². The predicted octanol–water partition coefficient (Wildman–Crippen LogP) is -2.59. The van der Waals surface area contributed by atoms with Crippen molar-refractivity contribution in [2.45, 2.75) is 247 Å². The Kier molecular flexibility index (Phi) is 18.3. The Hall–Kier alpha value is -1.18. The van der Waals surface area contributed by atoms with Gasteiger partial charge in [-0.15, -0.1) is 0 Å². The van der Waals surface area contributed by atoms with Crippen LogP contribution >= 0.6 is 0 Å². The third kappa shape index (κ3) is 10.5. The molecule has 0 aromatic carbocycles. The number of aliphatic hydroxyl groups excluding tert-OH is 15. The van der Waals surface area contributed by atoms with Crippen LogP contribution in [0.3, 0.4) is 0 Å². The Morgan fingerprint density at radius 2 is 1.18 bits per heavy atom. The molecule has 0 unspecified atom stereocenters. The van der Waals surface area contributed by atoms with Gasteiger partial charge in [-0.1, -0.05) is 46.3 Å². The molecule has 30 atom stereocenters. The van der Waals surface area contributed by atoms with E-state index >= 15 is 0 Å². The van der Waals surface area contributed by atoms with Gasteiger partial charge in [-0.25, -0.2) is 0 Å². The molecular weight excluding hydrogens is 1000 g/mol. The second-order valence-corrected chi connectivity index (χ2v) is 25.5. The fourth-order valence-electron chi connectivity index (χ4n) is 16.2. The molecule has 23 nitrogen and oxygen atoms in total. The van der Waals surface area contributed by atoms with E-state index in [1.165, 1.54) is 0 Å². The van der Waals surface area contributed by atoms with Crippen LogP contribution in [0.4, 0.5) is 0 Å². The molecule has 8 aliphatic rings. The average Bonchev–Trinajstić information content (AvgIpc) is 3.75. The molecule has 8 rings (SSSR count). The Balaban J connectivity index is 1.03. The summed E-state index contributed by atoms with van der Waals surface area (Å²) in [5, 5.41) is 164. The maximum atomic E-state index is 12.8. The molecule has 0 amide bonds. The maximum absolute atomic E-state index is 12.8. The zero-order valence-corrected chi connectivity index (χ0v) is 45.0. The zero-order chi connectivity index (χ0) is 55.9. The molecule has 4 heterocycles. The highest BCUT2D eigenvalue weighted by Gasteiger charge is 2.74. The van der Waals surface area contributed by atoms with Crippen LogP contribution in [0.15, 0.2) is 11.6 Å². The van der Waals surface area contributed by atoms with Crippen molar-refractivity contribution in [1.29, 1.82) is 0 Å². The van der Waals surface area contributed by atoms with Crippen LogP contribution in [0, 0.1) is 45.3 Å². The highest BCUT2D eigenvalue weighted by molar-refractivity contribution is 5.22. The Morgan fingerprint density at radius 3 is 1.82 bits per heavy atom. The normalized spacial score (nSPS) is 53.2. The van der Waals surface area contributed by atoms with Crippen LogP contribution in [0.25, 0.3) is 0 Å². The first-order valence-corrected chi connectivity index (χ1v) is 27.4. The molecule has 8 fully saturated rings. The van der Waals surface area contributed by atoms with E-state index in [1.807, 2.05) is 34.6 Å². The molecule has 0 bridgehead atoms. The van der Waals surface area contributed by atoms with Crippen molar-refractivity contribution in [3.63, 3.8) is 0 Å². The van der Waals surface area contributed by atoms with E-state index < -0.39 is 188 Å². The van der Waals surface area contributed by atoms with E-state index in [0.29, 0.717) is 51.4 Å². The molecule has 0 radical (unpaired) electrons. The quantitative estimate of drug-likeness (QED) is 0.0591. The van der Waals surface area contributed by atoms with Gasteiger partial charge in [0.05, 0.1) is 50.3 Å². The molecule has 0 aromatic rings. The summed E-state index contributed by atoms with van der Waals surface area (Å²) < 4.78 is 48.6. The van der Waals surface area contributed by atoms with E-state index in [9.17, 15) is 76.6 Å². The summed E-state index contributed by atoms with van der Waals surface area (Å²) in [5.74, 6) is -1.26. The molecule has 23 heteroatoms. The average molecular weight is 1100 g/mol. The molecule has 4 aliphatic heterocycles. The van der Waals surface area contributed by atoms with Crippen LogP contribution in [-0.4, -0.2) is 244 Å². The molecule has 4 aliphatic carbocycles. The van der Waals surface area contributed by atoms with Crippen molar-refractivity contribution in [3.05, 3.63) is 11.6 Å². The zero-order valence-electron chi connectivity index (χ0n) is 45.0. The molecule has 4 saturated carbocycles. The van der Waals surface area contributed by atoms with E-state index in [4.69, 9.17) is 37.9 Å². The van der Waals surface area contributed by atoms with Gasteiger partial charge in [-0.2, -0.15) is 0 Å². The van der Waals surface area contributed by atoms with Gasteiger partial charge in [0.2, 0.25) is 0 Å². The number of fused-ring (bicyclic) bond motifs is 5. The first-order chi connectivity index (χ1) is 35.5. The summed E-state index contributed by atoms with van der Waals surface area (Å²) in [5.41, 5.74) is -2.59. The Morgan fingerprint density at radius 1 is 0.605 bits per heavy atom. The summed E-state index contributed by atoms with van der Waals surface area (Å²) in [6.07, 6.45) is -26.5. The van der Waals surface area contributed by atoms with Gasteiger partial charge >= 0.3 is 0 Å². The van der Waals surface area contributed by atoms with Gasteiger partial charge in [0.15, 0.2) is 25.2 Å².